The molecule has 0 aromatic heterocycles. The topological polar surface area (TPSA) is 20.3 Å². The summed E-state index contributed by atoms with van der Waals surface area (Å²) in [6.07, 6.45) is 0. The van der Waals surface area contributed by atoms with Gasteiger partial charge in [0.05, 0.1) is 15.6 Å². The molecule has 0 spiro atoms. The van der Waals surface area contributed by atoms with Crippen molar-refractivity contribution in [1.29, 1.82) is 0 Å². The van der Waals surface area contributed by atoms with Crippen LogP contribution in [-0.2, 0) is 6.54 Å². The van der Waals surface area contributed by atoms with Gasteiger partial charge in [0.1, 0.15) is 0 Å². The van der Waals surface area contributed by atoms with Gasteiger partial charge in [-0.05, 0) is 29.8 Å². The van der Waals surface area contributed by atoms with E-state index in [1.54, 1.807) is 6.07 Å². The summed E-state index contributed by atoms with van der Waals surface area (Å²) in [6.45, 7) is -0.130. The van der Waals surface area contributed by atoms with Gasteiger partial charge in [-0.3, -0.25) is 4.79 Å². The van der Waals surface area contributed by atoms with Crippen LogP contribution in [-0.4, -0.2) is 17.9 Å². The van der Waals surface area contributed by atoms with Crippen LogP contribution in [0.2, 0.25) is 10.0 Å². The largest absolute Gasteiger partial charge is 0.337 e. The molecule has 0 saturated heterocycles. The molecule has 0 heterocycles. The second-order valence-corrected chi connectivity index (χ2v) is 5.45. The molecule has 7 heteroatoms. The van der Waals surface area contributed by atoms with Gasteiger partial charge in [-0.2, -0.15) is 0 Å². The fourth-order valence-corrected chi connectivity index (χ4v) is 2.50. The maximum Gasteiger partial charge on any atom is 0.256 e. The minimum Gasteiger partial charge on any atom is -0.337 e. The molecule has 0 fully saturated rings. The van der Waals surface area contributed by atoms with Crippen molar-refractivity contribution in [2.75, 3.05) is 7.05 Å². The number of nitrogens with zero attached hydrogens (tertiary/aromatic N) is 1. The number of amides is 1. The highest BCUT2D eigenvalue weighted by Gasteiger charge is 2.20. The molecule has 116 valence electrons. The van der Waals surface area contributed by atoms with Crippen LogP contribution in [0.15, 0.2) is 30.3 Å². The van der Waals surface area contributed by atoms with Crippen molar-refractivity contribution in [3.8, 4) is 0 Å². The third-order valence-corrected chi connectivity index (χ3v) is 3.62. The molecule has 0 atom stereocenters. The average Bonchev–Trinajstić information content (AvgIpc) is 2.44. The van der Waals surface area contributed by atoms with Crippen molar-refractivity contribution in [3.63, 3.8) is 0 Å². The third kappa shape index (κ3) is 3.36. The smallest absolute Gasteiger partial charge is 0.256 e. The number of hydrogen-bond donors (Lipinski definition) is 0. The Bertz CT molecular complexity index is 693. The lowest BCUT2D eigenvalue weighted by Crippen LogP contribution is -2.27. The Morgan fingerprint density at radius 3 is 2.09 bits per heavy atom. The summed E-state index contributed by atoms with van der Waals surface area (Å²) >= 11 is 11.9. The monoisotopic (exact) mass is 347 g/mol. The molecule has 22 heavy (non-hydrogen) atoms. The van der Waals surface area contributed by atoms with Gasteiger partial charge in [-0.1, -0.05) is 29.3 Å². The van der Waals surface area contributed by atoms with Gasteiger partial charge in [0.2, 0.25) is 0 Å². The number of halogens is 5. The molecule has 2 aromatic carbocycles. The zero-order valence-corrected chi connectivity index (χ0v) is 12.9. The predicted molar refractivity (Wildman–Crippen MR) is 78.6 cm³/mol. The van der Waals surface area contributed by atoms with E-state index in [1.165, 1.54) is 24.1 Å². The Kier molecular flexibility index (Phi) is 4.98. The van der Waals surface area contributed by atoms with Crippen LogP contribution in [0.5, 0.6) is 0 Å². The highest BCUT2D eigenvalue weighted by atomic mass is 35.5. The lowest BCUT2D eigenvalue weighted by atomic mass is 10.1. The molecule has 2 nitrogen and oxygen atoms in total. The van der Waals surface area contributed by atoms with Crippen molar-refractivity contribution in [1.82, 2.24) is 4.90 Å². The van der Waals surface area contributed by atoms with Gasteiger partial charge < -0.3 is 4.90 Å². The molecular weight excluding hydrogens is 338 g/mol. The molecular formula is C15H10Cl2F3NO. The highest BCUT2D eigenvalue weighted by molar-refractivity contribution is 6.39. The first kappa shape index (κ1) is 16.6. The van der Waals surface area contributed by atoms with E-state index in [0.29, 0.717) is 0 Å². The molecule has 0 radical (unpaired) electrons. The summed E-state index contributed by atoms with van der Waals surface area (Å²) in [5.74, 6) is -4.69. The zero-order valence-electron chi connectivity index (χ0n) is 11.3. The third-order valence-electron chi connectivity index (χ3n) is 2.99. The van der Waals surface area contributed by atoms with E-state index in [2.05, 4.69) is 0 Å². The minimum absolute atomic E-state index is 0.0939. The molecule has 0 N–H and O–H groups in total. The van der Waals surface area contributed by atoms with Crippen LogP contribution >= 0.6 is 23.2 Å². The molecule has 0 unspecified atom stereocenters. The van der Waals surface area contributed by atoms with E-state index in [-0.39, 0.29) is 27.7 Å². The van der Waals surface area contributed by atoms with E-state index in [9.17, 15) is 18.0 Å². The second kappa shape index (κ2) is 6.58. The lowest BCUT2D eigenvalue weighted by Gasteiger charge is -2.19. The van der Waals surface area contributed by atoms with Gasteiger partial charge in [0.25, 0.3) is 5.91 Å². The van der Waals surface area contributed by atoms with Crippen LogP contribution in [0.4, 0.5) is 13.2 Å². The Labute approximate surface area is 135 Å². The molecule has 2 aromatic rings. The molecule has 0 aliphatic heterocycles. The maximum absolute atomic E-state index is 13.2. The minimum atomic E-state index is -1.55. The van der Waals surface area contributed by atoms with Crippen LogP contribution < -0.4 is 0 Å². The molecule has 1 amide bonds. The van der Waals surface area contributed by atoms with Crippen molar-refractivity contribution in [2.24, 2.45) is 0 Å². The van der Waals surface area contributed by atoms with Gasteiger partial charge >= 0.3 is 0 Å². The van der Waals surface area contributed by atoms with Crippen LogP contribution in [0.1, 0.15) is 15.9 Å². The second-order valence-electron chi connectivity index (χ2n) is 4.63. The average molecular weight is 348 g/mol. The fraction of sp³-hybridized carbons (Fsp3) is 0.133. The Morgan fingerprint density at radius 2 is 1.59 bits per heavy atom. The molecule has 2 rings (SSSR count). The van der Waals surface area contributed by atoms with E-state index in [4.69, 9.17) is 23.2 Å². The first-order valence-electron chi connectivity index (χ1n) is 6.14. The standard InChI is InChI=1S/C15H10Cl2F3NO/c1-21(7-8-5-11(18)14(20)12(19)6-8)15(22)13-9(16)3-2-4-10(13)17/h2-6H,7H2,1H3. The maximum atomic E-state index is 13.2. The van der Waals surface area contributed by atoms with Crippen molar-refractivity contribution in [3.05, 3.63) is 69.0 Å². The van der Waals surface area contributed by atoms with Gasteiger partial charge in [-0.25, -0.2) is 13.2 Å². The van der Waals surface area contributed by atoms with E-state index < -0.39 is 23.4 Å². The summed E-state index contributed by atoms with van der Waals surface area (Å²) in [5, 5.41) is 0.335. The number of hydrogen-bond acceptors (Lipinski definition) is 1. The van der Waals surface area contributed by atoms with E-state index >= 15 is 0 Å². The summed E-state index contributed by atoms with van der Waals surface area (Å²) in [6, 6.07) is 6.26. The number of rotatable bonds is 3. The van der Waals surface area contributed by atoms with Crippen molar-refractivity contribution >= 4 is 29.1 Å². The normalized spacial score (nSPS) is 10.6. The first-order valence-corrected chi connectivity index (χ1v) is 6.89. The van der Waals surface area contributed by atoms with E-state index in [0.717, 1.165) is 12.1 Å². The molecule has 0 aliphatic rings. The Hall–Kier alpha value is -1.72. The number of carbonyl (C=O) groups is 1. The Balaban J connectivity index is 2.26. The number of carbonyl (C=O) groups excluding carboxylic acids is 1. The van der Waals surface area contributed by atoms with Gasteiger partial charge in [0, 0.05) is 13.6 Å². The Morgan fingerprint density at radius 1 is 1.09 bits per heavy atom. The quantitative estimate of drug-likeness (QED) is 0.738. The predicted octanol–water partition coefficient (Wildman–Crippen LogP) is 4.68. The number of benzene rings is 2. The first-order chi connectivity index (χ1) is 10.3. The van der Waals surface area contributed by atoms with Crippen molar-refractivity contribution in [2.45, 2.75) is 6.54 Å². The fourth-order valence-electron chi connectivity index (χ4n) is 1.94. The summed E-state index contributed by atoms with van der Waals surface area (Å²) in [4.78, 5) is 13.5. The van der Waals surface area contributed by atoms with Gasteiger partial charge in [-0.15, -0.1) is 0 Å². The van der Waals surface area contributed by atoms with Crippen LogP contribution in [0.3, 0.4) is 0 Å². The van der Waals surface area contributed by atoms with Crippen LogP contribution in [0, 0.1) is 17.5 Å². The van der Waals surface area contributed by atoms with Crippen LogP contribution in [0.25, 0.3) is 0 Å². The summed E-state index contributed by atoms with van der Waals surface area (Å²) in [7, 11) is 1.42. The molecule has 0 bridgehead atoms. The molecule has 0 saturated carbocycles. The van der Waals surface area contributed by atoms with Gasteiger partial charge in [0.15, 0.2) is 17.5 Å². The zero-order chi connectivity index (χ0) is 16.4. The SMILES string of the molecule is CN(Cc1cc(F)c(F)c(F)c1)C(=O)c1c(Cl)cccc1Cl. The lowest BCUT2D eigenvalue weighted by molar-refractivity contribution is 0.0785. The van der Waals surface area contributed by atoms with Crippen molar-refractivity contribution < 1.29 is 18.0 Å². The van der Waals surface area contributed by atoms with E-state index in [1.807, 2.05) is 0 Å². The highest BCUT2D eigenvalue weighted by Crippen LogP contribution is 2.26. The molecule has 0 aliphatic carbocycles. The summed E-state index contributed by atoms with van der Waals surface area (Å²) < 4.78 is 39.3. The summed E-state index contributed by atoms with van der Waals surface area (Å²) in [5.41, 5.74) is 0.201.